The normalized spacial score (nSPS) is 16.9. The molecule has 1 heterocycles. The van der Waals surface area contributed by atoms with Crippen LogP contribution in [0.25, 0.3) is 0 Å². The van der Waals surface area contributed by atoms with Crippen molar-refractivity contribution in [3.05, 3.63) is 29.8 Å². The minimum absolute atomic E-state index is 0.0637. The Bertz CT molecular complexity index is 372. The van der Waals surface area contributed by atoms with Crippen LogP contribution in [-0.4, -0.2) is 12.5 Å². The van der Waals surface area contributed by atoms with Gasteiger partial charge < -0.3 is 4.90 Å². The van der Waals surface area contributed by atoms with Gasteiger partial charge in [0.2, 0.25) is 5.91 Å². The highest BCUT2D eigenvalue weighted by Crippen LogP contribution is 2.22. The molecule has 80 valence electrons. The lowest BCUT2D eigenvalue weighted by Gasteiger charge is -2.26. The molecule has 1 aromatic carbocycles. The zero-order valence-electron chi connectivity index (χ0n) is 8.17. The molecule has 15 heavy (non-hydrogen) atoms. The standard InChI is InChI=1S/C11H11F2NO/c12-8-5-9(13)7-10(6-8)14-4-2-1-3-11(14)15/h5-7H,1-4H2. The van der Waals surface area contributed by atoms with Crippen LogP contribution in [0.15, 0.2) is 18.2 Å². The van der Waals surface area contributed by atoms with E-state index in [-0.39, 0.29) is 5.91 Å². The zero-order chi connectivity index (χ0) is 10.8. The molecular formula is C11H11F2NO. The molecular weight excluding hydrogens is 200 g/mol. The monoisotopic (exact) mass is 211 g/mol. The van der Waals surface area contributed by atoms with E-state index in [4.69, 9.17) is 0 Å². The van der Waals surface area contributed by atoms with E-state index in [9.17, 15) is 13.6 Å². The minimum atomic E-state index is -0.650. The molecule has 1 amide bonds. The number of hydrogen-bond donors (Lipinski definition) is 0. The van der Waals surface area contributed by atoms with Crippen molar-refractivity contribution in [1.82, 2.24) is 0 Å². The summed E-state index contributed by atoms with van der Waals surface area (Å²) < 4.78 is 25.9. The second-order valence-corrected chi connectivity index (χ2v) is 3.63. The number of rotatable bonds is 1. The predicted molar refractivity (Wildman–Crippen MR) is 52.6 cm³/mol. The lowest BCUT2D eigenvalue weighted by molar-refractivity contribution is -0.119. The summed E-state index contributed by atoms with van der Waals surface area (Å²) in [4.78, 5) is 12.9. The van der Waals surface area contributed by atoms with Gasteiger partial charge in [0.25, 0.3) is 0 Å². The Morgan fingerprint density at radius 2 is 1.73 bits per heavy atom. The zero-order valence-corrected chi connectivity index (χ0v) is 8.17. The summed E-state index contributed by atoms with van der Waals surface area (Å²) in [6.07, 6.45) is 2.19. The Hall–Kier alpha value is -1.45. The van der Waals surface area contributed by atoms with Crippen LogP contribution in [0.4, 0.5) is 14.5 Å². The van der Waals surface area contributed by atoms with Crippen LogP contribution >= 0.6 is 0 Å². The highest BCUT2D eigenvalue weighted by molar-refractivity contribution is 5.93. The van der Waals surface area contributed by atoms with Crippen molar-refractivity contribution in [3.63, 3.8) is 0 Å². The molecule has 2 nitrogen and oxygen atoms in total. The summed E-state index contributed by atoms with van der Waals surface area (Å²) in [5.74, 6) is -1.36. The van der Waals surface area contributed by atoms with Gasteiger partial charge in [-0.3, -0.25) is 4.79 Å². The molecule has 0 N–H and O–H groups in total. The number of carbonyl (C=O) groups is 1. The van der Waals surface area contributed by atoms with Crippen LogP contribution in [0.2, 0.25) is 0 Å². The fourth-order valence-electron chi connectivity index (χ4n) is 1.77. The maximum absolute atomic E-state index is 12.9. The molecule has 1 aromatic rings. The predicted octanol–water partition coefficient (Wildman–Crippen LogP) is 2.48. The van der Waals surface area contributed by atoms with E-state index in [1.54, 1.807) is 0 Å². The average molecular weight is 211 g/mol. The van der Waals surface area contributed by atoms with Crippen molar-refractivity contribution in [3.8, 4) is 0 Å². The number of carbonyl (C=O) groups excluding carboxylic acids is 1. The molecule has 0 bridgehead atoms. The van der Waals surface area contributed by atoms with Gasteiger partial charge >= 0.3 is 0 Å². The quantitative estimate of drug-likeness (QED) is 0.698. The summed E-state index contributed by atoms with van der Waals surface area (Å²) >= 11 is 0. The van der Waals surface area contributed by atoms with Crippen molar-refractivity contribution in [2.75, 3.05) is 11.4 Å². The van der Waals surface area contributed by atoms with Crippen molar-refractivity contribution in [2.24, 2.45) is 0 Å². The van der Waals surface area contributed by atoms with Crippen molar-refractivity contribution >= 4 is 11.6 Å². The topological polar surface area (TPSA) is 20.3 Å². The molecule has 0 atom stereocenters. The molecule has 1 aliphatic rings. The Labute approximate surface area is 86.5 Å². The lowest BCUT2D eigenvalue weighted by Crippen LogP contribution is -2.35. The number of halogens is 2. The minimum Gasteiger partial charge on any atom is -0.312 e. The van der Waals surface area contributed by atoms with Crippen molar-refractivity contribution < 1.29 is 13.6 Å². The Morgan fingerprint density at radius 1 is 1.07 bits per heavy atom. The highest BCUT2D eigenvalue weighted by atomic mass is 19.1. The third-order valence-corrected chi connectivity index (χ3v) is 2.48. The van der Waals surface area contributed by atoms with E-state index < -0.39 is 11.6 Å². The van der Waals surface area contributed by atoms with Gasteiger partial charge in [-0.15, -0.1) is 0 Å². The number of piperidine rings is 1. The Balaban J connectivity index is 2.31. The van der Waals surface area contributed by atoms with Crippen LogP contribution in [0.3, 0.4) is 0 Å². The van der Waals surface area contributed by atoms with Gasteiger partial charge in [0.15, 0.2) is 0 Å². The van der Waals surface area contributed by atoms with E-state index in [2.05, 4.69) is 0 Å². The van der Waals surface area contributed by atoms with Crippen LogP contribution < -0.4 is 4.90 Å². The summed E-state index contributed by atoms with van der Waals surface area (Å²) in [6, 6.07) is 3.18. The van der Waals surface area contributed by atoms with Gasteiger partial charge in [-0.2, -0.15) is 0 Å². The van der Waals surface area contributed by atoms with Gasteiger partial charge in [-0.1, -0.05) is 0 Å². The molecule has 0 unspecified atom stereocenters. The van der Waals surface area contributed by atoms with Gasteiger partial charge in [0.05, 0.1) is 0 Å². The molecule has 0 radical (unpaired) electrons. The summed E-state index contributed by atoms with van der Waals surface area (Å²) in [7, 11) is 0. The molecule has 0 saturated carbocycles. The van der Waals surface area contributed by atoms with Gasteiger partial charge in [0, 0.05) is 24.7 Å². The second-order valence-electron chi connectivity index (χ2n) is 3.63. The first-order valence-electron chi connectivity index (χ1n) is 4.93. The first kappa shape index (κ1) is 10.1. The van der Waals surface area contributed by atoms with E-state index in [1.807, 2.05) is 0 Å². The number of hydrogen-bond acceptors (Lipinski definition) is 1. The fraction of sp³-hybridized carbons (Fsp3) is 0.364. The van der Waals surface area contributed by atoms with Crippen LogP contribution in [0, 0.1) is 11.6 Å². The second kappa shape index (κ2) is 3.96. The first-order valence-corrected chi connectivity index (χ1v) is 4.93. The largest absolute Gasteiger partial charge is 0.312 e. The molecule has 1 fully saturated rings. The fourth-order valence-corrected chi connectivity index (χ4v) is 1.77. The van der Waals surface area contributed by atoms with E-state index in [1.165, 1.54) is 17.0 Å². The molecule has 1 aliphatic heterocycles. The summed E-state index contributed by atoms with van der Waals surface area (Å²) in [5.41, 5.74) is 0.317. The Kier molecular flexibility index (Phi) is 2.66. The average Bonchev–Trinajstić information content (AvgIpc) is 2.16. The number of benzene rings is 1. The lowest BCUT2D eigenvalue weighted by atomic mass is 10.1. The maximum atomic E-state index is 12.9. The Morgan fingerprint density at radius 3 is 2.33 bits per heavy atom. The van der Waals surface area contributed by atoms with Crippen LogP contribution in [0.1, 0.15) is 19.3 Å². The first-order chi connectivity index (χ1) is 7.16. The molecule has 0 spiro atoms. The van der Waals surface area contributed by atoms with E-state index in [0.29, 0.717) is 18.7 Å². The van der Waals surface area contributed by atoms with Gasteiger partial charge in [-0.25, -0.2) is 8.78 Å². The van der Waals surface area contributed by atoms with Gasteiger partial charge in [0.1, 0.15) is 11.6 Å². The van der Waals surface area contributed by atoms with E-state index >= 15 is 0 Å². The SMILES string of the molecule is O=C1CCCCN1c1cc(F)cc(F)c1. The highest BCUT2D eigenvalue weighted by Gasteiger charge is 2.20. The van der Waals surface area contributed by atoms with Gasteiger partial charge in [-0.05, 0) is 25.0 Å². The van der Waals surface area contributed by atoms with Crippen molar-refractivity contribution in [1.29, 1.82) is 0 Å². The molecule has 2 rings (SSSR count). The number of amides is 1. The third-order valence-electron chi connectivity index (χ3n) is 2.48. The molecule has 0 aliphatic carbocycles. The number of nitrogens with zero attached hydrogens (tertiary/aromatic N) is 1. The van der Waals surface area contributed by atoms with E-state index in [0.717, 1.165) is 18.9 Å². The third kappa shape index (κ3) is 2.14. The summed E-state index contributed by atoms with van der Waals surface area (Å²) in [6.45, 7) is 0.543. The molecule has 4 heteroatoms. The smallest absolute Gasteiger partial charge is 0.226 e. The molecule has 0 aromatic heterocycles. The number of anilines is 1. The van der Waals surface area contributed by atoms with Crippen LogP contribution in [-0.2, 0) is 4.79 Å². The van der Waals surface area contributed by atoms with Crippen molar-refractivity contribution in [2.45, 2.75) is 19.3 Å². The van der Waals surface area contributed by atoms with Crippen LogP contribution in [0.5, 0.6) is 0 Å². The summed E-state index contributed by atoms with van der Waals surface area (Å²) in [5, 5.41) is 0. The molecule has 1 saturated heterocycles. The maximum Gasteiger partial charge on any atom is 0.226 e.